The summed E-state index contributed by atoms with van der Waals surface area (Å²) in [4.78, 5) is 23.3. The van der Waals surface area contributed by atoms with Crippen LogP contribution in [0.2, 0.25) is 0 Å². The first-order chi connectivity index (χ1) is 17.2. The molecule has 1 saturated heterocycles. The normalized spacial score (nSPS) is 17.3. The molecule has 10 nitrogen and oxygen atoms in total. The number of aliphatic hydroxyl groups is 1. The molecule has 1 aliphatic heterocycles. The third-order valence-corrected chi connectivity index (χ3v) is 7.74. The Labute approximate surface area is 208 Å². The molecule has 13 heteroatoms. The number of benzene rings is 2. The first kappa shape index (κ1) is 24.2. The fraction of sp³-hybridized carbons (Fsp3) is 0.348. The Kier molecular flexibility index (Phi) is 6.36. The van der Waals surface area contributed by atoms with E-state index in [1.165, 1.54) is 46.9 Å². The van der Waals surface area contributed by atoms with E-state index in [0.717, 1.165) is 22.0 Å². The number of thiazole rings is 1. The Bertz CT molecular complexity index is 1390. The van der Waals surface area contributed by atoms with Gasteiger partial charge in [0.15, 0.2) is 5.13 Å². The zero-order chi connectivity index (χ0) is 25.4. The summed E-state index contributed by atoms with van der Waals surface area (Å²) in [5.74, 6) is -1.55. The molecule has 1 fully saturated rings. The van der Waals surface area contributed by atoms with Gasteiger partial charge in [-0.1, -0.05) is 17.4 Å². The second kappa shape index (κ2) is 9.48. The second-order valence-corrected chi connectivity index (χ2v) is 9.76. The summed E-state index contributed by atoms with van der Waals surface area (Å²) in [7, 11) is 0. The molecule has 36 heavy (non-hydrogen) atoms. The van der Waals surface area contributed by atoms with Crippen molar-refractivity contribution in [2.75, 3.05) is 31.1 Å². The van der Waals surface area contributed by atoms with Gasteiger partial charge in [0.2, 0.25) is 0 Å². The maximum Gasteiger partial charge on any atom is 0.270 e. The lowest BCUT2D eigenvalue weighted by Crippen LogP contribution is -2.57. The van der Waals surface area contributed by atoms with Crippen molar-refractivity contribution in [3.8, 4) is 0 Å². The second-order valence-electron chi connectivity index (χ2n) is 8.75. The van der Waals surface area contributed by atoms with Crippen molar-refractivity contribution >= 4 is 32.4 Å². The average Bonchev–Trinajstić information content (AvgIpc) is 3.52. The quantitative estimate of drug-likeness (QED) is 0.295. The number of fused-ring (bicyclic) bond motifs is 1. The van der Waals surface area contributed by atoms with Crippen LogP contribution in [0.4, 0.5) is 19.6 Å². The van der Waals surface area contributed by atoms with Crippen molar-refractivity contribution < 1.29 is 18.8 Å². The minimum atomic E-state index is -1.71. The predicted octanol–water partition coefficient (Wildman–Crippen LogP) is 3.17. The summed E-state index contributed by atoms with van der Waals surface area (Å²) in [6, 6.07) is 7.24. The summed E-state index contributed by atoms with van der Waals surface area (Å²) in [5, 5.41) is 27.7. The number of hydrogen-bond acceptors (Lipinski definition) is 9. The molecule has 1 aliphatic rings. The van der Waals surface area contributed by atoms with Crippen molar-refractivity contribution in [2.45, 2.75) is 25.1 Å². The summed E-state index contributed by atoms with van der Waals surface area (Å²) >= 11 is 1.39. The van der Waals surface area contributed by atoms with E-state index >= 15 is 0 Å². The first-order valence-electron chi connectivity index (χ1n) is 11.3. The molecule has 0 radical (unpaired) electrons. The molecule has 0 saturated carbocycles. The molecule has 0 amide bonds. The number of hydrogen-bond donors (Lipinski definition) is 1. The van der Waals surface area contributed by atoms with Gasteiger partial charge in [-0.05, 0) is 19.1 Å². The molecule has 0 aliphatic carbocycles. The number of anilines is 1. The van der Waals surface area contributed by atoms with Crippen LogP contribution >= 0.6 is 11.3 Å². The van der Waals surface area contributed by atoms with Crippen molar-refractivity contribution in [1.82, 2.24) is 24.6 Å². The minimum absolute atomic E-state index is 0.0119. The standard InChI is InChI=1S/C23H23F2N7O3S/c1-15(23(33,12-31-14-26-13-27-31)18-4-2-16(24)10-19(18)25)29-6-8-30(9-7-29)22-28-20-5-3-17(32(34)35)11-21(20)36-22/h2-5,10-11,13-15,33H,6-9,12H2,1H3. The Hall–Kier alpha value is -3.55. The van der Waals surface area contributed by atoms with Crippen molar-refractivity contribution in [3.63, 3.8) is 0 Å². The van der Waals surface area contributed by atoms with Crippen LogP contribution in [0.5, 0.6) is 0 Å². The molecule has 2 atom stereocenters. The molecular formula is C23H23F2N7O3S. The van der Waals surface area contributed by atoms with Crippen LogP contribution in [0.1, 0.15) is 12.5 Å². The maximum atomic E-state index is 14.8. The minimum Gasteiger partial charge on any atom is -0.381 e. The first-order valence-corrected chi connectivity index (χ1v) is 12.1. The van der Waals surface area contributed by atoms with E-state index in [1.54, 1.807) is 6.07 Å². The Morgan fingerprint density at radius 1 is 1.19 bits per heavy atom. The van der Waals surface area contributed by atoms with Gasteiger partial charge in [0.1, 0.15) is 29.9 Å². The summed E-state index contributed by atoms with van der Waals surface area (Å²) in [6.45, 7) is 4.05. The van der Waals surface area contributed by atoms with E-state index in [2.05, 4.69) is 20.0 Å². The summed E-state index contributed by atoms with van der Waals surface area (Å²) in [6.07, 6.45) is 2.77. The van der Waals surface area contributed by atoms with Crippen LogP contribution in [0.3, 0.4) is 0 Å². The van der Waals surface area contributed by atoms with Gasteiger partial charge in [-0.15, -0.1) is 0 Å². The highest BCUT2D eigenvalue weighted by molar-refractivity contribution is 7.22. The third kappa shape index (κ3) is 4.52. The van der Waals surface area contributed by atoms with Crippen molar-refractivity contribution in [1.29, 1.82) is 0 Å². The van der Waals surface area contributed by atoms with E-state index in [9.17, 15) is 24.0 Å². The van der Waals surface area contributed by atoms with Gasteiger partial charge in [-0.3, -0.25) is 15.0 Å². The lowest BCUT2D eigenvalue weighted by molar-refractivity contribution is -0.384. The van der Waals surface area contributed by atoms with E-state index in [4.69, 9.17) is 0 Å². The largest absolute Gasteiger partial charge is 0.381 e. The molecule has 0 spiro atoms. The number of halogens is 2. The Morgan fingerprint density at radius 2 is 1.97 bits per heavy atom. The Balaban J connectivity index is 1.36. The molecule has 188 valence electrons. The zero-order valence-corrected chi connectivity index (χ0v) is 20.1. The molecule has 2 unspecified atom stereocenters. The summed E-state index contributed by atoms with van der Waals surface area (Å²) < 4.78 is 30.6. The van der Waals surface area contributed by atoms with E-state index < -0.39 is 28.2 Å². The van der Waals surface area contributed by atoms with Crippen LogP contribution in [0.25, 0.3) is 10.2 Å². The monoisotopic (exact) mass is 515 g/mol. The van der Waals surface area contributed by atoms with Crippen LogP contribution in [-0.4, -0.2) is 66.9 Å². The molecule has 2 aromatic carbocycles. The fourth-order valence-electron chi connectivity index (χ4n) is 4.60. The van der Waals surface area contributed by atoms with Crippen LogP contribution in [0, 0.1) is 21.7 Å². The fourth-order valence-corrected chi connectivity index (χ4v) is 5.65. The SMILES string of the molecule is CC(N1CCN(c2nc3ccc([N+](=O)[O-])cc3s2)CC1)C(O)(Cn1cncn1)c1ccc(F)cc1F. The lowest BCUT2D eigenvalue weighted by atomic mass is 9.85. The topological polar surface area (TPSA) is 113 Å². The van der Waals surface area contributed by atoms with Gasteiger partial charge in [0.05, 0.1) is 21.7 Å². The maximum absolute atomic E-state index is 14.8. The lowest BCUT2D eigenvalue weighted by Gasteiger charge is -2.44. The van der Waals surface area contributed by atoms with E-state index in [-0.39, 0.29) is 17.8 Å². The smallest absolute Gasteiger partial charge is 0.270 e. The van der Waals surface area contributed by atoms with Gasteiger partial charge in [-0.25, -0.2) is 23.4 Å². The van der Waals surface area contributed by atoms with Crippen molar-refractivity contribution in [2.24, 2.45) is 0 Å². The van der Waals surface area contributed by atoms with Gasteiger partial charge >= 0.3 is 0 Å². The summed E-state index contributed by atoms with van der Waals surface area (Å²) in [5.41, 5.74) is -0.994. The van der Waals surface area contributed by atoms with Crippen LogP contribution in [0.15, 0.2) is 49.1 Å². The molecule has 4 aromatic rings. The number of aromatic nitrogens is 4. The highest BCUT2D eigenvalue weighted by Crippen LogP contribution is 2.35. The van der Waals surface area contributed by atoms with Crippen LogP contribution < -0.4 is 4.90 Å². The number of non-ortho nitro benzene ring substituents is 1. The van der Waals surface area contributed by atoms with Gasteiger partial charge in [-0.2, -0.15) is 5.10 Å². The number of rotatable bonds is 7. The van der Waals surface area contributed by atoms with Gasteiger partial charge < -0.3 is 10.0 Å². The number of nitro benzene ring substituents is 1. The molecule has 0 bridgehead atoms. The molecule has 2 aromatic heterocycles. The van der Waals surface area contributed by atoms with E-state index in [1.807, 2.05) is 11.8 Å². The predicted molar refractivity (Wildman–Crippen MR) is 130 cm³/mol. The van der Waals surface area contributed by atoms with Crippen LogP contribution in [-0.2, 0) is 12.1 Å². The molecule has 5 rings (SSSR count). The Morgan fingerprint density at radius 3 is 2.64 bits per heavy atom. The molecule has 1 N–H and O–H groups in total. The average molecular weight is 516 g/mol. The van der Waals surface area contributed by atoms with Gasteiger partial charge in [0, 0.05) is 56.0 Å². The number of nitro groups is 1. The molecule has 3 heterocycles. The highest BCUT2D eigenvalue weighted by atomic mass is 32.1. The van der Waals surface area contributed by atoms with Crippen molar-refractivity contribution in [3.05, 3.63) is 76.4 Å². The number of nitrogens with zero attached hydrogens (tertiary/aromatic N) is 7. The molecular weight excluding hydrogens is 492 g/mol. The zero-order valence-electron chi connectivity index (χ0n) is 19.3. The van der Waals surface area contributed by atoms with Gasteiger partial charge in [0.25, 0.3) is 5.69 Å². The third-order valence-electron chi connectivity index (χ3n) is 6.66. The highest BCUT2D eigenvalue weighted by Gasteiger charge is 2.42. The number of piperazine rings is 1. The van der Waals surface area contributed by atoms with E-state index in [0.29, 0.717) is 31.7 Å².